The fourth-order valence-corrected chi connectivity index (χ4v) is 6.25. The van der Waals surface area contributed by atoms with E-state index in [-0.39, 0.29) is 11.5 Å². The first-order chi connectivity index (χ1) is 16.2. The van der Waals surface area contributed by atoms with Crippen molar-refractivity contribution in [1.29, 1.82) is 0 Å². The van der Waals surface area contributed by atoms with Crippen molar-refractivity contribution in [2.75, 3.05) is 6.54 Å². The van der Waals surface area contributed by atoms with Gasteiger partial charge in [-0.1, -0.05) is 67.4 Å². The van der Waals surface area contributed by atoms with Gasteiger partial charge in [-0.3, -0.25) is 14.3 Å². The number of fused-ring (bicyclic) bond motifs is 2. The predicted octanol–water partition coefficient (Wildman–Crippen LogP) is 5.80. The number of benzene rings is 2. The van der Waals surface area contributed by atoms with Crippen LogP contribution in [-0.4, -0.2) is 21.8 Å². The monoisotopic (exact) mass is 497 g/mol. The highest BCUT2D eigenvalue weighted by Gasteiger charge is 2.52. The summed E-state index contributed by atoms with van der Waals surface area (Å²) in [6, 6.07) is 14.8. The van der Waals surface area contributed by atoms with Gasteiger partial charge in [0.05, 0.1) is 17.3 Å². The molecule has 3 fully saturated rings. The molecule has 1 N–H and O–H groups in total. The number of aromatic nitrogens is 2. The normalized spacial score (nSPS) is 22.8. The van der Waals surface area contributed by atoms with E-state index in [1.54, 1.807) is 29.1 Å². The summed E-state index contributed by atoms with van der Waals surface area (Å²) < 4.78 is 3.19. The molecule has 3 aromatic rings. The number of hydrogen-bond acceptors (Lipinski definition) is 2. The summed E-state index contributed by atoms with van der Waals surface area (Å²) in [5.41, 5.74) is 1.64. The maximum absolute atomic E-state index is 13.4. The number of amides is 1. The van der Waals surface area contributed by atoms with E-state index in [1.807, 2.05) is 30.3 Å². The summed E-state index contributed by atoms with van der Waals surface area (Å²) in [5.74, 6) is 1.61. The van der Waals surface area contributed by atoms with Crippen molar-refractivity contribution in [3.05, 3.63) is 86.3 Å². The molecule has 0 saturated heterocycles. The second-order valence-corrected chi connectivity index (χ2v) is 11.2. The first kappa shape index (κ1) is 23.3. The zero-order valence-electron chi connectivity index (χ0n) is 19.4. The van der Waals surface area contributed by atoms with Crippen LogP contribution < -0.4 is 10.9 Å². The van der Waals surface area contributed by atoms with E-state index in [4.69, 9.17) is 23.2 Å². The molecule has 3 aliphatic carbocycles. The van der Waals surface area contributed by atoms with Gasteiger partial charge in [0.25, 0.3) is 11.5 Å². The van der Waals surface area contributed by atoms with Crippen LogP contribution in [0, 0.1) is 23.2 Å². The zero-order chi connectivity index (χ0) is 24.0. The summed E-state index contributed by atoms with van der Waals surface area (Å²) in [6.45, 7) is 5.75. The number of nitrogens with zero attached hydrogens (tertiary/aromatic N) is 2. The molecule has 1 heterocycles. The lowest BCUT2D eigenvalue weighted by molar-refractivity contribution is -0.0887. The van der Waals surface area contributed by atoms with Gasteiger partial charge in [-0.25, -0.2) is 4.68 Å². The first-order valence-corrected chi connectivity index (χ1v) is 12.6. The van der Waals surface area contributed by atoms with Crippen molar-refractivity contribution >= 4 is 29.1 Å². The fourth-order valence-electron chi connectivity index (χ4n) is 5.76. The Balaban J connectivity index is 1.41. The van der Waals surface area contributed by atoms with E-state index in [0.717, 1.165) is 30.2 Å². The molecule has 3 aliphatic rings. The van der Waals surface area contributed by atoms with Crippen LogP contribution in [0.15, 0.2) is 59.5 Å². The van der Waals surface area contributed by atoms with Gasteiger partial charge in [-0.2, -0.15) is 0 Å². The third-order valence-electron chi connectivity index (χ3n) is 7.99. The molecule has 3 saturated carbocycles. The number of halogens is 2. The van der Waals surface area contributed by atoms with Crippen molar-refractivity contribution in [3.8, 4) is 5.69 Å². The molecule has 2 atom stereocenters. The van der Waals surface area contributed by atoms with Gasteiger partial charge in [-0.15, -0.1) is 0 Å². The number of hydrogen-bond donors (Lipinski definition) is 1. The van der Waals surface area contributed by atoms with E-state index >= 15 is 0 Å². The van der Waals surface area contributed by atoms with Gasteiger partial charge in [0, 0.05) is 17.8 Å². The molecule has 1 aromatic heterocycles. The second-order valence-electron chi connectivity index (χ2n) is 10.3. The molecule has 2 bridgehead atoms. The SMILES string of the molecule is CC1(C)C2CC(CNC(=O)c3cn(Cc4ccccc4)n(-c4ccc(Cl)cc4Cl)c3=O)CC1C2. The quantitative estimate of drug-likeness (QED) is 0.467. The van der Waals surface area contributed by atoms with Gasteiger partial charge in [0.15, 0.2) is 0 Å². The molecule has 178 valence electrons. The summed E-state index contributed by atoms with van der Waals surface area (Å²) in [6.07, 6.45) is 5.22. The van der Waals surface area contributed by atoms with Crippen LogP contribution in [0.4, 0.5) is 0 Å². The summed E-state index contributed by atoms with van der Waals surface area (Å²) in [5, 5.41) is 3.86. The highest BCUT2D eigenvalue weighted by atomic mass is 35.5. The van der Waals surface area contributed by atoms with Crippen LogP contribution >= 0.6 is 23.2 Å². The van der Waals surface area contributed by atoms with Gasteiger partial charge >= 0.3 is 0 Å². The van der Waals surface area contributed by atoms with Gasteiger partial charge in [0.1, 0.15) is 5.56 Å². The molecular weight excluding hydrogens is 469 g/mol. The van der Waals surface area contributed by atoms with E-state index in [1.165, 1.54) is 11.1 Å². The molecular formula is C27H29Cl2N3O2. The van der Waals surface area contributed by atoms with Crippen molar-refractivity contribution in [3.63, 3.8) is 0 Å². The molecule has 2 aromatic carbocycles. The molecule has 1 amide bonds. The van der Waals surface area contributed by atoms with Crippen LogP contribution in [0.5, 0.6) is 0 Å². The van der Waals surface area contributed by atoms with Crippen molar-refractivity contribution in [2.24, 2.45) is 23.2 Å². The Hall–Kier alpha value is -2.50. The zero-order valence-corrected chi connectivity index (χ0v) is 20.9. The van der Waals surface area contributed by atoms with E-state index in [0.29, 0.717) is 40.2 Å². The van der Waals surface area contributed by atoms with Crippen LogP contribution in [0.1, 0.15) is 49.0 Å². The number of rotatable bonds is 6. The Morgan fingerprint density at radius 3 is 2.41 bits per heavy atom. The lowest BCUT2D eigenvalue weighted by Gasteiger charge is -2.59. The second kappa shape index (κ2) is 8.94. The maximum atomic E-state index is 13.4. The van der Waals surface area contributed by atoms with Gasteiger partial charge in [-0.05, 0) is 66.2 Å². The van der Waals surface area contributed by atoms with E-state index < -0.39 is 5.56 Å². The topological polar surface area (TPSA) is 56.0 Å². The highest BCUT2D eigenvalue weighted by molar-refractivity contribution is 6.35. The van der Waals surface area contributed by atoms with Crippen LogP contribution in [-0.2, 0) is 6.54 Å². The molecule has 5 nitrogen and oxygen atoms in total. The lowest BCUT2D eigenvalue weighted by atomic mass is 9.47. The third-order valence-corrected chi connectivity index (χ3v) is 8.53. The molecule has 0 spiro atoms. The largest absolute Gasteiger partial charge is 0.352 e. The van der Waals surface area contributed by atoms with Crippen LogP contribution in [0.3, 0.4) is 0 Å². The van der Waals surface area contributed by atoms with Crippen molar-refractivity contribution in [1.82, 2.24) is 14.7 Å². The fraction of sp³-hybridized carbons (Fsp3) is 0.407. The summed E-state index contributed by atoms with van der Waals surface area (Å²) in [7, 11) is 0. The average Bonchev–Trinajstić information content (AvgIpc) is 3.14. The Kier molecular flexibility index (Phi) is 6.11. The summed E-state index contributed by atoms with van der Waals surface area (Å²) in [4.78, 5) is 26.6. The Morgan fingerprint density at radius 1 is 1.06 bits per heavy atom. The average molecular weight is 498 g/mol. The van der Waals surface area contributed by atoms with Gasteiger partial charge in [0.2, 0.25) is 0 Å². The maximum Gasteiger partial charge on any atom is 0.284 e. The number of carbonyl (C=O) groups is 1. The minimum Gasteiger partial charge on any atom is -0.352 e. The highest BCUT2D eigenvalue weighted by Crippen LogP contribution is 2.60. The van der Waals surface area contributed by atoms with Crippen molar-refractivity contribution < 1.29 is 4.79 Å². The molecule has 0 radical (unpaired) electrons. The predicted molar refractivity (Wildman–Crippen MR) is 136 cm³/mol. The van der Waals surface area contributed by atoms with Crippen LogP contribution in [0.25, 0.3) is 5.69 Å². The van der Waals surface area contributed by atoms with E-state index in [9.17, 15) is 9.59 Å². The van der Waals surface area contributed by atoms with Crippen molar-refractivity contribution in [2.45, 2.75) is 39.7 Å². The standard InChI is InChI=1S/C27H29Cl2N3O2/c1-27(2)19-10-18(11-20(27)12-19)14-30-25(33)22-16-31(15-17-6-4-3-5-7-17)32(26(22)34)24-9-8-21(28)13-23(24)29/h3-9,13,16,18-20H,10-12,14-15H2,1-2H3,(H,30,33). The minimum atomic E-state index is -0.398. The lowest BCUT2D eigenvalue weighted by Crippen LogP contribution is -2.52. The molecule has 0 aliphatic heterocycles. The minimum absolute atomic E-state index is 0.114. The number of carbonyl (C=O) groups excluding carboxylic acids is 1. The van der Waals surface area contributed by atoms with Gasteiger partial charge < -0.3 is 5.32 Å². The third kappa shape index (κ3) is 4.20. The smallest absolute Gasteiger partial charge is 0.284 e. The molecule has 2 unspecified atom stereocenters. The molecule has 7 heteroatoms. The van der Waals surface area contributed by atoms with Crippen LogP contribution in [0.2, 0.25) is 10.0 Å². The summed E-state index contributed by atoms with van der Waals surface area (Å²) >= 11 is 12.5. The Bertz CT molecular complexity index is 1260. The molecule has 6 rings (SSSR count). The molecule has 34 heavy (non-hydrogen) atoms. The Morgan fingerprint density at radius 2 is 1.76 bits per heavy atom. The van der Waals surface area contributed by atoms with E-state index in [2.05, 4.69) is 19.2 Å². The Labute approximate surface area is 209 Å². The first-order valence-electron chi connectivity index (χ1n) is 11.8. The number of nitrogens with one attached hydrogen (secondary N) is 1.